The second kappa shape index (κ2) is 4.82. The molecule has 0 saturated heterocycles. The molecule has 0 aliphatic rings. The Balaban J connectivity index is 2.71. The van der Waals surface area contributed by atoms with Crippen molar-refractivity contribution in [3.8, 4) is 11.8 Å². The Morgan fingerprint density at radius 2 is 2.33 bits per heavy atom. The van der Waals surface area contributed by atoms with Crippen molar-refractivity contribution in [2.75, 3.05) is 13.6 Å². The molecule has 0 fully saturated rings. The van der Waals surface area contributed by atoms with Crippen LogP contribution in [-0.2, 0) is 0 Å². The van der Waals surface area contributed by atoms with Crippen molar-refractivity contribution < 1.29 is 0 Å². The Hall–Kier alpha value is -0.970. The average Bonchev–Trinajstić information content (AvgIpc) is 2.05. The van der Waals surface area contributed by atoms with Gasteiger partial charge in [0.05, 0.1) is 6.54 Å². The van der Waals surface area contributed by atoms with E-state index in [0.29, 0.717) is 6.54 Å². The second-order valence-corrected chi connectivity index (χ2v) is 2.78. The normalized spacial score (nSPS) is 8.83. The van der Waals surface area contributed by atoms with E-state index in [0.717, 1.165) is 10.6 Å². The van der Waals surface area contributed by atoms with Gasteiger partial charge in [0, 0.05) is 10.6 Å². The minimum Gasteiger partial charge on any atom is -0.309 e. The fourth-order valence-corrected chi connectivity index (χ4v) is 0.991. The molecule has 1 N–H and O–H groups in total. The Morgan fingerprint density at radius 3 is 3.00 bits per heavy atom. The van der Waals surface area contributed by atoms with Gasteiger partial charge in [-0.15, -0.1) is 0 Å². The molecule has 0 spiro atoms. The predicted octanol–water partition coefficient (Wildman–Crippen LogP) is 1.91. The first-order valence-electron chi connectivity index (χ1n) is 3.72. The van der Waals surface area contributed by atoms with Crippen LogP contribution in [0.2, 0.25) is 5.02 Å². The highest BCUT2D eigenvalue weighted by Crippen LogP contribution is 2.08. The first-order valence-corrected chi connectivity index (χ1v) is 4.10. The van der Waals surface area contributed by atoms with Gasteiger partial charge in [0.25, 0.3) is 0 Å². The molecule has 0 amide bonds. The van der Waals surface area contributed by atoms with Crippen molar-refractivity contribution in [1.82, 2.24) is 5.32 Å². The number of benzene rings is 1. The van der Waals surface area contributed by atoms with E-state index in [4.69, 9.17) is 11.6 Å². The lowest BCUT2D eigenvalue weighted by Crippen LogP contribution is -2.04. The third-order valence-electron chi connectivity index (χ3n) is 1.32. The second-order valence-electron chi connectivity index (χ2n) is 2.34. The van der Waals surface area contributed by atoms with Crippen LogP contribution < -0.4 is 5.32 Å². The monoisotopic (exact) mass is 179 g/mol. The maximum atomic E-state index is 5.77. The summed E-state index contributed by atoms with van der Waals surface area (Å²) in [6.45, 7) is 0.701. The van der Waals surface area contributed by atoms with Gasteiger partial charge in [0.15, 0.2) is 0 Å². The van der Waals surface area contributed by atoms with Crippen LogP contribution in [0.4, 0.5) is 0 Å². The van der Waals surface area contributed by atoms with Crippen LogP contribution in [0, 0.1) is 11.8 Å². The van der Waals surface area contributed by atoms with Gasteiger partial charge in [0.1, 0.15) is 0 Å². The Kier molecular flexibility index (Phi) is 3.66. The van der Waals surface area contributed by atoms with E-state index in [9.17, 15) is 0 Å². The van der Waals surface area contributed by atoms with Gasteiger partial charge in [0.2, 0.25) is 0 Å². The summed E-state index contributed by atoms with van der Waals surface area (Å²) in [5, 5.41) is 3.67. The number of nitrogens with one attached hydrogen (secondary N) is 1. The zero-order chi connectivity index (χ0) is 8.81. The van der Waals surface area contributed by atoms with Crippen LogP contribution in [0.3, 0.4) is 0 Å². The molecule has 1 aromatic carbocycles. The fourth-order valence-electron chi connectivity index (χ4n) is 0.801. The topological polar surface area (TPSA) is 12.0 Å². The van der Waals surface area contributed by atoms with E-state index >= 15 is 0 Å². The van der Waals surface area contributed by atoms with Gasteiger partial charge >= 0.3 is 0 Å². The van der Waals surface area contributed by atoms with Crippen LogP contribution in [0.25, 0.3) is 0 Å². The highest BCUT2D eigenvalue weighted by atomic mass is 35.5. The van der Waals surface area contributed by atoms with Crippen molar-refractivity contribution in [3.63, 3.8) is 0 Å². The van der Waals surface area contributed by atoms with Crippen molar-refractivity contribution >= 4 is 11.6 Å². The summed E-state index contributed by atoms with van der Waals surface area (Å²) in [6, 6.07) is 7.52. The molecule has 0 aliphatic heterocycles. The van der Waals surface area contributed by atoms with E-state index in [1.807, 2.05) is 31.3 Å². The van der Waals surface area contributed by atoms with Crippen LogP contribution in [0.15, 0.2) is 24.3 Å². The third kappa shape index (κ3) is 2.96. The minimum atomic E-state index is 0.701. The summed E-state index contributed by atoms with van der Waals surface area (Å²) in [7, 11) is 1.87. The first kappa shape index (κ1) is 9.12. The third-order valence-corrected chi connectivity index (χ3v) is 1.56. The summed E-state index contributed by atoms with van der Waals surface area (Å²) in [6.07, 6.45) is 0. The van der Waals surface area contributed by atoms with Crippen molar-refractivity contribution in [2.45, 2.75) is 0 Å². The quantitative estimate of drug-likeness (QED) is 0.650. The van der Waals surface area contributed by atoms with Gasteiger partial charge in [-0.3, -0.25) is 0 Å². The molecule has 0 heterocycles. The molecule has 0 aliphatic carbocycles. The number of halogens is 1. The molecule has 1 aromatic rings. The van der Waals surface area contributed by atoms with Gasteiger partial charge in [-0.25, -0.2) is 0 Å². The maximum Gasteiger partial charge on any atom is 0.0577 e. The molecule has 0 bridgehead atoms. The smallest absolute Gasteiger partial charge is 0.0577 e. The SMILES string of the molecule is CNCC#Cc1cccc(Cl)c1. The van der Waals surface area contributed by atoms with Crippen molar-refractivity contribution in [1.29, 1.82) is 0 Å². The number of hydrogen-bond donors (Lipinski definition) is 1. The molecule has 62 valence electrons. The van der Waals surface area contributed by atoms with Gasteiger partial charge in [-0.05, 0) is 25.2 Å². The summed E-state index contributed by atoms with van der Waals surface area (Å²) in [5.74, 6) is 5.95. The molecule has 12 heavy (non-hydrogen) atoms. The highest BCUT2D eigenvalue weighted by Gasteiger charge is 1.87. The highest BCUT2D eigenvalue weighted by molar-refractivity contribution is 6.30. The largest absolute Gasteiger partial charge is 0.309 e. The Morgan fingerprint density at radius 1 is 1.50 bits per heavy atom. The Bertz CT molecular complexity index is 309. The van der Waals surface area contributed by atoms with Crippen LogP contribution >= 0.6 is 11.6 Å². The van der Waals surface area contributed by atoms with E-state index in [2.05, 4.69) is 17.2 Å². The van der Waals surface area contributed by atoms with Gasteiger partial charge < -0.3 is 5.32 Å². The molecule has 0 aromatic heterocycles. The lowest BCUT2D eigenvalue weighted by molar-refractivity contribution is 0.938. The summed E-state index contributed by atoms with van der Waals surface area (Å²) in [4.78, 5) is 0. The van der Waals surface area contributed by atoms with E-state index in [-0.39, 0.29) is 0 Å². The summed E-state index contributed by atoms with van der Waals surface area (Å²) in [5.41, 5.74) is 0.956. The molecular weight excluding hydrogens is 170 g/mol. The van der Waals surface area contributed by atoms with E-state index in [1.165, 1.54) is 0 Å². The zero-order valence-corrected chi connectivity index (χ0v) is 7.65. The summed E-state index contributed by atoms with van der Waals surface area (Å²) >= 11 is 5.77. The van der Waals surface area contributed by atoms with E-state index in [1.54, 1.807) is 0 Å². The molecule has 0 saturated carbocycles. The maximum absolute atomic E-state index is 5.77. The molecule has 0 radical (unpaired) electrons. The summed E-state index contributed by atoms with van der Waals surface area (Å²) < 4.78 is 0. The molecular formula is C10H10ClN. The van der Waals surface area contributed by atoms with E-state index < -0.39 is 0 Å². The minimum absolute atomic E-state index is 0.701. The predicted molar refractivity (Wildman–Crippen MR) is 52.3 cm³/mol. The molecule has 0 atom stereocenters. The number of rotatable bonds is 1. The van der Waals surface area contributed by atoms with Gasteiger partial charge in [-0.2, -0.15) is 0 Å². The fraction of sp³-hybridized carbons (Fsp3) is 0.200. The van der Waals surface area contributed by atoms with Crippen LogP contribution in [0.1, 0.15) is 5.56 Å². The average molecular weight is 180 g/mol. The number of hydrogen-bond acceptors (Lipinski definition) is 1. The first-order chi connectivity index (χ1) is 5.83. The van der Waals surface area contributed by atoms with Crippen molar-refractivity contribution in [2.24, 2.45) is 0 Å². The van der Waals surface area contributed by atoms with Crippen LogP contribution in [0.5, 0.6) is 0 Å². The zero-order valence-electron chi connectivity index (χ0n) is 6.89. The molecule has 0 unspecified atom stereocenters. The standard InChI is InChI=1S/C10H10ClN/c1-12-7-3-5-9-4-2-6-10(11)8-9/h2,4,6,8,12H,7H2,1H3. The van der Waals surface area contributed by atoms with Gasteiger partial charge in [-0.1, -0.05) is 29.5 Å². The van der Waals surface area contributed by atoms with Crippen molar-refractivity contribution in [3.05, 3.63) is 34.9 Å². The molecule has 1 nitrogen and oxygen atoms in total. The lowest BCUT2D eigenvalue weighted by Gasteiger charge is -1.90. The Labute approximate surface area is 77.7 Å². The lowest BCUT2D eigenvalue weighted by atomic mass is 10.2. The molecule has 2 heteroatoms. The molecule has 1 rings (SSSR count). The van der Waals surface area contributed by atoms with Crippen LogP contribution in [-0.4, -0.2) is 13.6 Å².